The summed E-state index contributed by atoms with van der Waals surface area (Å²) in [5.74, 6) is -0.798. The molecule has 3 heteroatoms. The van der Waals surface area contributed by atoms with Gasteiger partial charge in [0.2, 0.25) is 5.91 Å². The van der Waals surface area contributed by atoms with E-state index in [1.165, 1.54) is 6.92 Å². The van der Waals surface area contributed by atoms with Crippen LogP contribution in [0.3, 0.4) is 0 Å². The van der Waals surface area contributed by atoms with Crippen LogP contribution in [0.4, 0.5) is 0 Å². The molecular formula is C12H15NO2. The first-order valence-electron chi connectivity index (χ1n) is 4.92. The van der Waals surface area contributed by atoms with E-state index in [-0.39, 0.29) is 18.1 Å². The number of ketones is 1. The van der Waals surface area contributed by atoms with Crippen molar-refractivity contribution in [3.63, 3.8) is 0 Å². The number of rotatable bonds is 5. The van der Waals surface area contributed by atoms with Gasteiger partial charge in [-0.1, -0.05) is 30.3 Å². The van der Waals surface area contributed by atoms with Crippen molar-refractivity contribution in [3.8, 4) is 0 Å². The summed E-state index contributed by atoms with van der Waals surface area (Å²) >= 11 is 0. The molecule has 80 valence electrons. The molecule has 0 saturated carbocycles. The highest BCUT2D eigenvalue weighted by molar-refractivity contribution is 5.84. The lowest BCUT2D eigenvalue weighted by Gasteiger charge is -2.11. The normalized spacial score (nSPS) is 12.1. The SMILES string of the molecule is CC(=O)CC(Cc1ccccc1)C(N)=O. The molecule has 0 bridgehead atoms. The Hall–Kier alpha value is -1.64. The minimum Gasteiger partial charge on any atom is -0.369 e. The van der Waals surface area contributed by atoms with E-state index >= 15 is 0 Å². The molecule has 0 saturated heterocycles. The predicted molar refractivity (Wildman–Crippen MR) is 58.1 cm³/mol. The van der Waals surface area contributed by atoms with Crippen LogP contribution in [0.15, 0.2) is 30.3 Å². The Bertz CT molecular complexity index is 346. The molecule has 1 amide bonds. The third kappa shape index (κ3) is 3.94. The fourth-order valence-electron chi connectivity index (χ4n) is 1.52. The van der Waals surface area contributed by atoms with Crippen LogP contribution in [0.5, 0.6) is 0 Å². The summed E-state index contributed by atoms with van der Waals surface area (Å²) in [7, 11) is 0. The van der Waals surface area contributed by atoms with E-state index in [0.717, 1.165) is 5.56 Å². The van der Waals surface area contributed by atoms with Crippen LogP contribution >= 0.6 is 0 Å². The Labute approximate surface area is 89.3 Å². The van der Waals surface area contributed by atoms with Crippen LogP contribution < -0.4 is 5.73 Å². The maximum absolute atomic E-state index is 11.1. The Morgan fingerprint density at radius 2 is 1.87 bits per heavy atom. The molecular weight excluding hydrogens is 190 g/mol. The summed E-state index contributed by atoms with van der Waals surface area (Å²) in [6, 6.07) is 9.57. The average Bonchev–Trinajstić information content (AvgIpc) is 2.17. The third-order valence-electron chi connectivity index (χ3n) is 2.26. The highest BCUT2D eigenvalue weighted by atomic mass is 16.1. The Morgan fingerprint density at radius 3 is 2.33 bits per heavy atom. The number of hydrogen-bond donors (Lipinski definition) is 1. The van der Waals surface area contributed by atoms with Crippen molar-refractivity contribution in [1.82, 2.24) is 0 Å². The molecule has 1 unspecified atom stereocenters. The zero-order valence-electron chi connectivity index (χ0n) is 8.77. The fraction of sp³-hybridized carbons (Fsp3) is 0.333. The van der Waals surface area contributed by atoms with Gasteiger partial charge in [0.25, 0.3) is 0 Å². The molecule has 0 aliphatic heterocycles. The van der Waals surface area contributed by atoms with Crippen LogP contribution in [-0.2, 0) is 16.0 Å². The maximum Gasteiger partial charge on any atom is 0.221 e. The Balaban J connectivity index is 2.67. The second kappa shape index (κ2) is 5.29. The minimum atomic E-state index is -0.408. The van der Waals surface area contributed by atoms with Gasteiger partial charge in [0, 0.05) is 12.3 Å². The summed E-state index contributed by atoms with van der Waals surface area (Å²) in [6.45, 7) is 1.47. The molecule has 15 heavy (non-hydrogen) atoms. The number of hydrogen-bond acceptors (Lipinski definition) is 2. The van der Waals surface area contributed by atoms with Crippen molar-refractivity contribution in [3.05, 3.63) is 35.9 Å². The summed E-state index contributed by atoms with van der Waals surface area (Å²) < 4.78 is 0. The lowest BCUT2D eigenvalue weighted by Crippen LogP contribution is -2.26. The standard InChI is InChI=1S/C12H15NO2/c1-9(14)7-11(12(13)15)8-10-5-3-2-4-6-10/h2-6,11H,7-8H2,1H3,(H2,13,15). The van der Waals surface area contributed by atoms with E-state index in [9.17, 15) is 9.59 Å². The highest BCUT2D eigenvalue weighted by Crippen LogP contribution is 2.12. The highest BCUT2D eigenvalue weighted by Gasteiger charge is 2.17. The summed E-state index contributed by atoms with van der Waals surface area (Å²) in [5, 5.41) is 0. The lowest BCUT2D eigenvalue weighted by molar-refractivity contribution is -0.126. The molecule has 3 nitrogen and oxygen atoms in total. The van der Waals surface area contributed by atoms with Crippen molar-refractivity contribution in [2.75, 3.05) is 0 Å². The van der Waals surface area contributed by atoms with Gasteiger partial charge in [0.1, 0.15) is 5.78 Å². The topological polar surface area (TPSA) is 60.2 Å². The molecule has 1 atom stereocenters. The molecule has 0 fully saturated rings. The zero-order valence-corrected chi connectivity index (χ0v) is 8.77. The third-order valence-corrected chi connectivity index (χ3v) is 2.26. The molecule has 0 aliphatic carbocycles. The summed E-state index contributed by atoms with van der Waals surface area (Å²) in [5.41, 5.74) is 6.27. The summed E-state index contributed by atoms with van der Waals surface area (Å²) in [4.78, 5) is 22.1. The number of Topliss-reactive ketones (excluding diaryl/α,β-unsaturated/α-hetero) is 1. The first-order chi connectivity index (χ1) is 7.09. The van der Waals surface area contributed by atoms with E-state index < -0.39 is 5.91 Å². The maximum atomic E-state index is 11.1. The molecule has 0 aromatic heterocycles. The molecule has 1 rings (SSSR count). The number of amides is 1. The van der Waals surface area contributed by atoms with Crippen LogP contribution in [0.2, 0.25) is 0 Å². The van der Waals surface area contributed by atoms with Gasteiger partial charge in [0.05, 0.1) is 0 Å². The second-order valence-electron chi connectivity index (χ2n) is 3.70. The van der Waals surface area contributed by atoms with Crippen LogP contribution in [-0.4, -0.2) is 11.7 Å². The van der Waals surface area contributed by atoms with Gasteiger partial charge in [-0.15, -0.1) is 0 Å². The Kier molecular flexibility index (Phi) is 4.03. The smallest absolute Gasteiger partial charge is 0.221 e. The van der Waals surface area contributed by atoms with Gasteiger partial charge in [0.15, 0.2) is 0 Å². The van der Waals surface area contributed by atoms with Crippen molar-refractivity contribution >= 4 is 11.7 Å². The lowest BCUT2D eigenvalue weighted by atomic mass is 9.94. The van der Waals surface area contributed by atoms with Crippen molar-refractivity contribution in [1.29, 1.82) is 0 Å². The number of carbonyl (C=O) groups is 2. The zero-order chi connectivity index (χ0) is 11.3. The van der Waals surface area contributed by atoms with Gasteiger partial charge in [-0.05, 0) is 18.9 Å². The Morgan fingerprint density at radius 1 is 1.27 bits per heavy atom. The number of benzene rings is 1. The van der Waals surface area contributed by atoms with Crippen molar-refractivity contribution in [2.45, 2.75) is 19.8 Å². The molecule has 0 aliphatic rings. The van der Waals surface area contributed by atoms with Crippen molar-refractivity contribution in [2.24, 2.45) is 11.7 Å². The van der Waals surface area contributed by atoms with E-state index in [1.807, 2.05) is 30.3 Å². The molecule has 0 radical (unpaired) electrons. The quantitative estimate of drug-likeness (QED) is 0.787. The monoisotopic (exact) mass is 205 g/mol. The van der Waals surface area contributed by atoms with Gasteiger partial charge < -0.3 is 10.5 Å². The average molecular weight is 205 g/mol. The predicted octanol–water partition coefficient (Wildman–Crippen LogP) is 1.31. The molecule has 1 aromatic carbocycles. The van der Waals surface area contributed by atoms with Gasteiger partial charge in [-0.25, -0.2) is 0 Å². The largest absolute Gasteiger partial charge is 0.369 e. The summed E-state index contributed by atoms with van der Waals surface area (Å²) in [6.07, 6.45) is 0.764. The van der Waals surface area contributed by atoms with E-state index in [2.05, 4.69) is 0 Å². The van der Waals surface area contributed by atoms with Crippen molar-refractivity contribution < 1.29 is 9.59 Å². The van der Waals surface area contributed by atoms with Crippen LogP contribution in [0, 0.1) is 5.92 Å². The molecule has 2 N–H and O–H groups in total. The van der Waals surface area contributed by atoms with E-state index in [4.69, 9.17) is 5.73 Å². The molecule has 1 aromatic rings. The second-order valence-corrected chi connectivity index (χ2v) is 3.70. The minimum absolute atomic E-state index is 0.00488. The first-order valence-corrected chi connectivity index (χ1v) is 4.92. The number of primary amides is 1. The number of nitrogens with two attached hydrogens (primary N) is 1. The van der Waals surface area contributed by atoms with Crippen LogP contribution in [0.1, 0.15) is 18.9 Å². The first kappa shape index (κ1) is 11.4. The van der Waals surface area contributed by atoms with Gasteiger partial charge >= 0.3 is 0 Å². The number of carbonyl (C=O) groups excluding carboxylic acids is 2. The van der Waals surface area contributed by atoms with Gasteiger partial charge in [-0.2, -0.15) is 0 Å². The molecule has 0 spiro atoms. The fourth-order valence-corrected chi connectivity index (χ4v) is 1.52. The van der Waals surface area contributed by atoms with E-state index in [0.29, 0.717) is 6.42 Å². The van der Waals surface area contributed by atoms with Crippen LogP contribution in [0.25, 0.3) is 0 Å². The van der Waals surface area contributed by atoms with E-state index in [1.54, 1.807) is 0 Å². The van der Waals surface area contributed by atoms with Gasteiger partial charge in [-0.3, -0.25) is 4.79 Å². The molecule has 0 heterocycles.